The van der Waals surface area contributed by atoms with E-state index in [9.17, 15) is 0 Å². The second-order valence-corrected chi connectivity index (χ2v) is 21.8. The second kappa shape index (κ2) is 21.4. The maximum atomic E-state index is 7.46. The monoisotopic (exact) mass is 880 g/mol. The Bertz CT molecular complexity index is 1770. The molecule has 0 atom stereocenters. The number of benzene rings is 6. The van der Waals surface area contributed by atoms with Crippen molar-refractivity contribution in [2.45, 2.75) is 78.0 Å². The molecule has 0 N–H and O–H groups in total. The average Bonchev–Trinajstić information content (AvgIpc) is 3.07. The van der Waals surface area contributed by atoms with Crippen LogP contribution in [0.25, 0.3) is 43.1 Å². The van der Waals surface area contributed by atoms with Crippen molar-refractivity contribution in [1.29, 1.82) is 0 Å². The molecule has 0 bridgehead atoms. The molecule has 0 fully saturated rings. The Kier molecular flexibility index (Phi) is 18.8. The third-order valence-electron chi connectivity index (χ3n) is 9.46. The minimum atomic E-state index is -0.114. The standard InChI is InChI=1S/2C16H9.C14H32P2.2Ag/c2*1-2-14-15-9-5-3-7-12(15)11-13-8-4-6-10-16(13)14;1-11(2)15(12(3)4)9-10-16(13(5)6)14(7)8;;/h2*3-11H;11-14H,9-10H2,1-8H3;;/q2*-1;;2*+1/p+2. The van der Waals surface area contributed by atoms with E-state index in [2.05, 4.69) is 104 Å². The molecule has 0 aliphatic rings. The van der Waals surface area contributed by atoms with Crippen LogP contribution in [0, 0.1) is 24.7 Å². The van der Waals surface area contributed by atoms with E-state index in [4.69, 9.17) is 12.8 Å². The molecular weight excluding hydrogens is 830 g/mol. The van der Waals surface area contributed by atoms with Crippen LogP contribution in [0.4, 0.5) is 0 Å². The fourth-order valence-electron chi connectivity index (χ4n) is 7.07. The van der Waals surface area contributed by atoms with E-state index < -0.39 is 0 Å². The molecule has 266 valence electrons. The van der Waals surface area contributed by atoms with Gasteiger partial charge in [0.05, 0.1) is 35.0 Å². The number of fused-ring (bicyclic) bond motifs is 4. The molecule has 0 aliphatic heterocycles. The number of hydrogen-bond acceptors (Lipinski definition) is 0. The summed E-state index contributed by atoms with van der Waals surface area (Å²) in [6.07, 6.45) is 18.0. The minimum absolute atomic E-state index is 0. The summed E-state index contributed by atoms with van der Waals surface area (Å²) in [7, 11) is -0.229. The quantitative estimate of drug-likeness (QED) is 0.0493. The van der Waals surface area contributed by atoms with Gasteiger partial charge in [0.1, 0.15) is 0 Å². The van der Waals surface area contributed by atoms with Crippen molar-refractivity contribution in [3.05, 3.63) is 133 Å². The smallest absolute Gasteiger partial charge is 0.366 e. The van der Waals surface area contributed by atoms with Crippen LogP contribution in [-0.4, -0.2) is 35.0 Å². The van der Waals surface area contributed by atoms with E-state index in [0.717, 1.165) is 76.9 Å². The molecule has 6 aromatic rings. The first-order valence-electron chi connectivity index (χ1n) is 17.4. The van der Waals surface area contributed by atoms with Crippen molar-refractivity contribution in [3.63, 3.8) is 0 Å². The zero-order valence-corrected chi connectivity index (χ0v) is 35.7. The molecule has 4 heteroatoms. The predicted octanol–water partition coefficient (Wildman–Crippen LogP) is 12.9. The van der Waals surface area contributed by atoms with E-state index in [0.29, 0.717) is 0 Å². The van der Waals surface area contributed by atoms with Gasteiger partial charge in [0.15, 0.2) is 0 Å². The Morgan fingerprint density at radius 3 is 0.840 bits per heavy atom. The summed E-state index contributed by atoms with van der Waals surface area (Å²) < 4.78 is 0. The Hall–Kier alpha value is -2.18. The first-order chi connectivity index (χ1) is 23.1. The van der Waals surface area contributed by atoms with Crippen LogP contribution < -0.4 is 0 Å². The summed E-state index contributed by atoms with van der Waals surface area (Å²) in [4.78, 5) is 0. The second-order valence-electron chi connectivity index (χ2n) is 13.9. The Labute approximate surface area is 336 Å². The molecule has 6 aromatic carbocycles. The summed E-state index contributed by atoms with van der Waals surface area (Å²) >= 11 is 0. The normalized spacial score (nSPS) is 10.9. The third-order valence-corrected chi connectivity index (χ3v) is 17.5. The molecule has 0 amide bonds. The van der Waals surface area contributed by atoms with Crippen molar-refractivity contribution in [2.24, 2.45) is 0 Å². The first-order valence-corrected chi connectivity index (χ1v) is 21.2. The molecule has 0 saturated heterocycles. The van der Waals surface area contributed by atoms with Crippen molar-refractivity contribution < 1.29 is 44.8 Å². The number of rotatable bonds is 7. The van der Waals surface area contributed by atoms with Gasteiger partial charge in [-0.25, -0.2) is 0 Å². The van der Waals surface area contributed by atoms with Gasteiger partial charge in [0.25, 0.3) is 0 Å². The fraction of sp³-hybridized carbons (Fsp3) is 0.304. The minimum Gasteiger partial charge on any atom is -0.366 e. The van der Waals surface area contributed by atoms with E-state index in [1.807, 2.05) is 72.8 Å². The van der Waals surface area contributed by atoms with Crippen LogP contribution >= 0.6 is 15.8 Å². The molecule has 0 saturated carbocycles. The summed E-state index contributed by atoms with van der Waals surface area (Å²) in [6.45, 7) is 19.5. The van der Waals surface area contributed by atoms with Crippen molar-refractivity contribution in [1.82, 2.24) is 0 Å². The van der Waals surface area contributed by atoms with Crippen LogP contribution in [0.3, 0.4) is 0 Å². The van der Waals surface area contributed by atoms with Gasteiger partial charge in [-0.2, -0.15) is 0 Å². The zero-order valence-electron chi connectivity index (χ0n) is 30.7. The molecule has 50 heavy (non-hydrogen) atoms. The Morgan fingerprint density at radius 2 is 0.640 bits per heavy atom. The Balaban J connectivity index is 0.000000255. The molecule has 0 heterocycles. The van der Waals surface area contributed by atoms with Gasteiger partial charge in [0.2, 0.25) is 0 Å². The maximum Gasteiger partial charge on any atom is 1.00 e. The molecule has 0 spiro atoms. The van der Waals surface area contributed by atoms with Crippen LogP contribution in [0.5, 0.6) is 0 Å². The summed E-state index contributed by atoms with van der Waals surface area (Å²) in [5, 5.41) is 9.03. The SMILES string of the molecule is CC(C)[PH+](CC[PH+](C(C)C)C(C)C)C(C)C.[Ag+].[Ag+].[C-]#Cc1c2ccccc2cc2ccccc12.[C-]#Cc1c2ccccc2cc2ccccc12. The van der Waals surface area contributed by atoms with Gasteiger partial charge in [-0.05, 0) is 89.1 Å². The van der Waals surface area contributed by atoms with Gasteiger partial charge in [-0.15, -0.1) is 11.1 Å². The van der Waals surface area contributed by atoms with Crippen molar-refractivity contribution in [3.8, 4) is 11.8 Å². The third kappa shape index (κ3) is 11.2. The maximum absolute atomic E-state index is 7.46. The average molecular weight is 883 g/mol. The van der Waals surface area contributed by atoms with Crippen LogP contribution in [0.1, 0.15) is 66.5 Å². The molecular formula is C46H52Ag2P2+2. The van der Waals surface area contributed by atoms with Gasteiger partial charge in [0, 0.05) is 15.8 Å². The van der Waals surface area contributed by atoms with E-state index in [1.54, 1.807) is 12.3 Å². The van der Waals surface area contributed by atoms with Crippen LogP contribution in [0.15, 0.2) is 109 Å². The molecule has 0 aromatic heterocycles. The summed E-state index contributed by atoms with van der Waals surface area (Å²) in [6, 6.07) is 36.8. The molecule has 0 unspecified atom stereocenters. The molecule has 0 nitrogen and oxygen atoms in total. The summed E-state index contributed by atoms with van der Waals surface area (Å²) in [5.74, 6) is 5.13. The van der Waals surface area contributed by atoms with E-state index >= 15 is 0 Å². The van der Waals surface area contributed by atoms with Crippen LogP contribution in [-0.2, 0) is 44.8 Å². The van der Waals surface area contributed by atoms with E-state index in [-0.39, 0.29) is 60.6 Å². The fourth-order valence-corrected chi connectivity index (χ4v) is 14.4. The van der Waals surface area contributed by atoms with Crippen molar-refractivity contribution in [2.75, 3.05) is 12.3 Å². The number of hydrogen-bond donors (Lipinski definition) is 0. The molecule has 6 rings (SSSR count). The van der Waals surface area contributed by atoms with Gasteiger partial charge < -0.3 is 12.8 Å². The molecule has 0 aliphatic carbocycles. The van der Waals surface area contributed by atoms with E-state index in [1.165, 1.54) is 0 Å². The van der Waals surface area contributed by atoms with Gasteiger partial charge in [-0.3, -0.25) is 11.8 Å². The van der Waals surface area contributed by atoms with Crippen molar-refractivity contribution >= 4 is 58.9 Å². The summed E-state index contributed by atoms with van der Waals surface area (Å²) in [5.41, 5.74) is 5.57. The zero-order chi connectivity index (χ0) is 34.8. The predicted molar refractivity (Wildman–Crippen MR) is 222 cm³/mol. The first kappa shape index (κ1) is 44.0. The van der Waals surface area contributed by atoms with Crippen LogP contribution in [0.2, 0.25) is 0 Å². The Morgan fingerprint density at radius 1 is 0.420 bits per heavy atom. The van der Waals surface area contributed by atoms with Gasteiger partial charge >= 0.3 is 44.8 Å². The topological polar surface area (TPSA) is 0 Å². The molecule has 0 radical (unpaired) electrons. The van der Waals surface area contributed by atoms with Gasteiger partial charge in [-0.1, -0.05) is 119 Å². The largest absolute Gasteiger partial charge is 1.00 e.